The third kappa shape index (κ3) is 3.34. The van der Waals surface area contributed by atoms with Gasteiger partial charge >= 0.3 is 0 Å². The standard InChI is InChI=1S/C21H17ClN4O4S/c1-3-17(27)26-14-7-5-4-6-11(14)18-19(23-21(31-2)25-24-18)30-20(26)12-8-15-16(9-13(12)22)29-10-28-15/h4-9,20H,3,10H2,1-2H3/t20-/m0/s1. The van der Waals surface area contributed by atoms with Crippen LogP contribution in [0.3, 0.4) is 0 Å². The van der Waals surface area contributed by atoms with Crippen LogP contribution in [0, 0.1) is 0 Å². The zero-order valence-corrected chi connectivity index (χ0v) is 18.2. The lowest BCUT2D eigenvalue weighted by Crippen LogP contribution is -2.37. The summed E-state index contributed by atoms with van der Waals surface area (Å²) >= 11 is 7.96. The monoisotopic (exact) mass is 456 g/mol. The van der Waals surface area contributed by atoms with Crippen molar-refractivity contribution in [1.82, 2.24) is 15.2 Å². The van der Waals surface area contributed by atoms with E-state index in [1.165, 1.54) is 11.8 Å². The molecule has 3 aromatic rings. The molecular weight excluding hydrogens is 440 g/mol. The normalized spacial score (nSPS) is 16.2. The van der Waals surface area contributed by atoms with Gasteiger partial charge in [-0.1, -0.05) is 48.5 Å². The Hall–Kier alpha value is -3.04. The molecule has 5 rings (SSSR count). The number of aromatic nitrogens is 3. The molecule has 1 aromatic heterocycles. The number of anilines is 1. The van der Waals surface area contributed by atoms with Crippen LogP contribution in [0.4, 0.5) is 5.69 Å². The Labute approximate surface area is 187 Å². The third-order valence-electron chi connectivity index (χ3n) is 5.02. The molecule has 2 aliphatic rings. The van der Waals surface area contributed by atoms with Gasteiger partial charge in [0.2, 0.25) is 30.0 Å². The summed E-state index contributed by atoms with van der Waals surface area (Å²) in [5.74, 6) is 1.22. The SMILES string of the molecule is CCC(=O)N1c2ccccc2-c2nnc(SC)nc2O[C@H]1c1cc2c(cc1Cl)OCO2. The van der Waals surface area contributed by atoms with Crippen molar-refractivity contribution in [1.29, 1.82) is 0 Å². The molecule has 1 atom stereocenters. The number of rotatable bonds is 3. The molecule has 0 aliphatic carbocycles. The Bertz CT molecular complexity index is 1190. The molecule has 0 bridgehead atoms. The number of ether oxygens (including phenoxy) is 3. The molecular formula is C21H17ClN4O4S. The maximum absolute atomic E-state index is 13.2. The van der Waals surface area contributed by atoms with Gasteiger partial charge in [-0.3, -0.25) is 9.69 Å². The lowest BCUT2D eigenvalue weighted by atomic mass is 10.1. The molecule has 0 N–H and O–H groups in total. The summed E-state index contributed by atoms with van der Waals surface area (Å²) in [6.45, 7) is 1.91. The van der Waals surface area contributed by atoms with Crippen molar-refractivity contribution in [3.63, 3.8) is 0 Å². The molecule has 0 unspecified atom stereocenters. The number of hydrogen-bond acceptors (Lipinski definition) is 8. The van der Waals surface area contributed by atoms with E-state index < -0.39 is 6.23 Å². The highest BCUT2D eigenvalue weighted by molar-refractivity contribution is 7.98. The number of amides is 1. The fraction of sp³-hybridized carbons (Fsp3) is 0.238. The summed E-state index contributed by atoms with van der Waals surface area (Å²) in [5, 5.41) is 9.35. The first-order valence-corrected chi connectivity index (χ1v) is 11.2. The molecule has 2 aromatic carbocycles. The topological polar surface area (TPSA) is 86.7 Å². The quantitative estimate of drug-likeness (QED) is 0.533. The number of benzene rings is 2. The molecule has 1 amide bonds. The third-order valence-corrected chi connectivity index (χ3v) is 5.89. The maximum atomic E-state index is 13.2. The van der Waals surface area contributed by atoms with E-state index >= 15 is 0 Å². The molecule has 0 spiro atoms. The van der Waals surface area contributed by atoms with E-state index in [4.69, 9.17) is 25.8 Å². The number of fused-ring (bicyclic) bond motifs is 4. The molecule has 3 heterocycles. The largest absolute Gasteiger partial charge is 0.454 e. The average Bonchev–Trinajstić information content (AvgIpc) is 3.19. The first-order valence-electron chi connectivity index (χ1n) is 9.56. The van der Waals surface area contributed by atoms with Crippen molar-refractivity contribution in [3.05, 3.63) is 47.0 Å². The van der Waals surface area contributed by atoms with Crippen LogP contribution in [0.2, 0.25) is 5.02 Å². The number of halogens is 1. The van der Waals surface area contributed by atoms with Crippen molar-refractivity contribution in [2.45, 2.75) is 24.7 Å². The highest BCUT2D eigenvalue weighted by atomic mass is 35.5. The van der Waals surface area contributed by atoms with Crippen molar-refractivity contribution in [2.75, 3.05) is 17.9 Å². The fourth-order valence-electron chi connectivity index (χ4n) is 3.56. The van der Waals surface area contributed by atoms with E-state index in [0.717, 1.165) is 0 Å². The van der Waals surface area contributed by atoms with Crippen molar-refractivity contribution in [3.8, 4) is 28.6 Å². The average molecular weight is 457 g/mol. The minimum atomic E-state index is -0.886. The minimum Gasteiger partial charge on any atom is -0.454 e. The maximum Gasteiger partial charge on any atom is 0.247 e. The van der Waals surface area contributed by atoms with Crippen molar-refractivity contribution in [2.24, 2.45) is 0 Å². The lowest BCUT2D eigenvalue weighted by Gasteiger charge is -2.31. The van der Waals surface area contributed by atoms with Gasteiger partial charge in [0, 0.05) is 23.6 Å². The number of carbonyl (C=O) groups is 1. The van der Waals surface area contributed by atoms with Crippen LogP contribution in [0.5, 0.6) is 17.4 Å². The van der Waals surface area contributed by atoms with Crippen LogP contribution in [-0.4, -0.2) is 34.1 Å². The number of hydrogen-bond donors (Lipinski definition) is 0. The minimum absolute atomic E-state index is 0.109. The molecule has 0 saturated heterocycles. The zero-order chi connectivity index (χ0) is 21.5. The Morgan fingerprint density at radius 2 is 2.00 bits per heavy atom. The number of carbonyl (C=O) groups excluding carboxylic acids is 1. The van der Waals surface area contributed by atoms with E-state index in [1.807, 2.05) is 30.5 Å². The molecule has 31 heavy (non-hydrogen) atoms. The van der Waals surface area contributed by atoms with Gasteiger partial charge in [-0.2, -0.15) is 4.98 Å². The summed E-state index contributed by atoms with van der Waals surface area (Å²) in [6.07, 6.45) is 1.23. The molecule has 0 saturated carbocycles. The molecule has 2 aliphatic heterocycles. The van der Waals surface area contributed by atoms with E-state index in [9.17, 15) is 4.79 Å². The summed E-state index contributed by atoms with van der Waals surface area (Å²) in [7, 11) is 0. The van der Waals surface area contributed by atoms with Gasteiger partial charge in [0.05, 0.1) is 10.7 Å². The van der Waals surface area contributed by atoms with E-state index in [-0.39, 0.29) is 25.0 Å². The van der Waals surface area contributed by atoms with Crippen LogP contribution < -0.4 is 19.1 Å². The predicted molar refractivity (Wildman–Crippen MR) is 116 cm³/mol. The highest BCUT2D eigenvalue weighted by Crippen LogP contribution is 2.47. The Morgan fingerprint density at radius 3 is 2.77 bits per heavy atom. The van der Waals surface area contributed by atoms with Crippen molar-refractivity contribution < 1.29 is 19.0 Å². The van der Waals surface area contributed by atoms with E-state index in [0.29, 0.717) is 44.2 Å². The smallest absolute Gasteiger partial charge is 0.247 e. The Kier molecular flexibility index (Phi) is 5.07. The molecule has 158 valence electrons. The number of nitrogens with zero attached hydrogens (tertiary/aromatic N) is 4. The summed E-state index contributed by atoms with van der Waals surface area (Å²) in [4.78, 5) is 19.3. The second kappa shape index (κ2) is 7.90. The Balaban J connectivity index is 1.76. The first kappa shape index (κ1) is 19.9. The van der Waals surface area contributed by atoms with Gasteiger partial charge in [0.1, 0.15) is 0 Å². The second-order valence-corrected chi connectivity index (χ2v) is 7.96. The number of para-hydroxylation sites is 1. The Morgan fingerprint density at radius 1 is 1.23 bits per heavy atom. The van der Waals surface area contributed by atoms with Crippen LogP contribution >= 0.6 is 23.4 Å². The van der Waals surface area contributed by atoms with Gasteiger partial charge in [-0.05, 0) is 18.4 Å². The molecule has 10 heteroatoms. The van der Waals surface area contributed by atoms with E-state index in [1.54, 1.807) is 24.0 Å². The van der Waals surface area contributed by atoms with Gasteiger partial charge in [0.25, 0.3) is 0 Å². The summed E-state index contributed by atoms with van der Waals surface area (Å²) in [6, 6.07) is 10.8. The summed E-state index contributed by atoms with van der Waals surface area (Å²) in [5.41, 5.74) is 2.35. The molecule has 0 radical (unpaired) electrons. The number of thioether (sulfide) groups is 1. The van der Waals surface area contributed by atoms with Crippen molar-refractivity contribution >= 4 is 35.0 Å². The summed E-state index contributed by atoms with van der Waals surface area (Å²) < 4.78 is 17.3. The first-order chi connectivity index (χ1) is 15.1. The molecule has 0 fully saturated rings. The van der Waals surface area contributed by atoms with E-state index in [2.05, 4.69) is 15.2 Å². The zero-order valence-electron chi connectivity index (χ0n) is 16.7. The predicted octanol–water partition coefficient (Wildman–Crippen LogP) is 4.48. The van der Waals surface area contributed by atoms with Crippen LogP contribution in [0.25, 0.3) is 11.3 Å². The van der Waals surface area contributed by atoms with Gasteiger partial charge in [-0.15, -0.1) is 10.2 Å². The van der Waals surface area contributed by atoms with Gasteiger partial charge < -0.3 is 14.2 Å². The van der Waals surface area contributed by atoms with Gasteiger partial charge in [0.15, 0.2) is 17.2 Å². The fourth-order valence-corrected chi connectivity index (χ4v) is 4.11. The highest BCUT2D eigenvalue weighted by Gasteiger charge is 2.37. The van der Waals surface area contributed by atoms with Crippen LogP contribution in [0.1, 0.15) is 25.1 Å². The molecule has 8 nitrogen and oxygen atoms in total. The van der Waals surface area contributed by atoms with Gasteiger partial charge in [-0.25, -0.2) is 0 Å². The lowest BCUT2D eigenvalue weighted by molar-refractivity contribution is -0.120. The van der Waals surface area contributed by atoms with Crippen LogP contribution in [-0.2, 0) is 4.79 Å². The second-order valence-electron chi connectivity index (χ2n) is 6.78. The van der Waals surface area contributed by atoms with Crippen LogP contribution in [0.15, 0.2) is 41.6 Å².